The topological polar surface area (TPSA) is 64.6 Å². The second-order valence-corrected chi connectivity index (χ2v) is 4.86. The molecule has 0 atom stereocenters. The highest BCUT2D eigenvalue weighted by molar-refractivity contribution is 5.99. The van der Waals surface area contributed by atoms with Crippen molar-refractivity contribution in [3.63, 3.8) is 0 Å². The number of carbonyl (C=O) groups excluding carboxylic acids is 2. The Labute approximate surface area is 131 Å². The average Bonchev–Trinajstić information content (AvgIpc) is 2.53. The van der Waals surface area contributed by atoms with Crippen molar-refractivity contribution in [2.24, 2.45) is 0 Å². The zero-order valence-electron chi connectivity index (χ0n) is 13.8. The predicted molar refractivity (Wildman–Crippen MR) is 85.7 cm³/mol. The van der Waals surface area contributed by atoms with E-state index in [0.29, 0.717) is 0 Å². The van der Waals surface area contributed by atoms with E-state index >= 15 is 0 Å². The predicted octanol–water partition coefficient (Wildman–Crippen LogP) is 2.76. The van der Waals surface area contributed by atoms with Gasteiger partial charge in [-0.25, -0.2) is 9.59 Å². The third kappa shape index (κ3) is 4.35. The molecule has 0 aromatic heterocycles. The van der Waals surface area contributed by atoms with Gasteiger partial charge in [-0.05, 0) is 30.9 Å². The lowest BCUT2D eigenvalue weighted by Gasteiger charge is -2.17. The van der Waals surface area contributed by atoms with Gasteiger partial charge in [-0.15, -0.1) is 0 Å². The quantitative estimate of drug-likeness (QED) is 0.646. The number of esters is 2. The molecular formula is C17H23NO4. The van der Waals surface area contributed by atoms with Crippen molar-refractivity contribution in [3.8, 4) is 0 Å². The van der Waals surface area contributed by atoms with Crippen molar-refractivity contribution in [2.45, 2.75) is 33.6 Å². The van der Waals surface area contributed by atoms with Gasteiger partial charge in [0.15, 0.2) is 0 Å². The van der Waals surface area contributed by atoms with Gasteiger partial charge in [0.25, 0.3) is 0 Å². The van der Waals surface area contributed by atoms with Crippen LogP contribution in [0, 0.1) is 6.92 Å². The monoisotopic (exact) mass is 305 g/mol. The molecule has 0 saturated carbocycles. The van der Waals surface area contributed by atoms with E-state index in [4.69, 9.17) is 4.74 Å². The minimum Gasteiger partial charge on any atom is -0.466 e. The average molecular weight is 305 g/mol. The summed E-state index contributed by atoms with van der Waals surface area (Å²) in [5.41, 5.74) is 4.22. The van der Waals surface area contributed by atoms with Crippen LogP contribution < -0.4 is 5.32 Å². The summed E-state index contributed by atoms with van der Waals surface area (Å²) in [6, 6.07) is 4.13. The molecule has 5 nitrogen and oxygen atoms in total. The zero-order chi connectivity index (χ0) is 16.7. The first-order chi connectivity index (χ1) is 10.5. The van der Waals surface area contributed by atoms with E-state index < -0.39 is 11.9 Å². The van der Waals surface area contributed by atoms with E-state index in [0.717, 1.165) is 41.3 Å². The Morgan fingerprint density at radius 1 is 1.09 bits per heavy atom. The van der Waals surface area contributed by atoms with Gasteiger partial charge < -0.3 is 14.8 Å². The molecule has 0 amide bonds. The van der Waals surface area contributed by atoms with Crippen molar-refractivity contribution in [2.75, 3.05) is 19.5 Å². The molecule has 0 unspecified atom stereocenters. The Kier molecular flexibility index (Phi) is 6.63. The van der Waals surface area contributed by atoms with E-state index in [1.54, 1.807) is 0 Å². The van der Waals surface area contributed by atoms with E-state index in [9.17, 15) is 9.59 Å². The molecule has 1 rings (SSSR count). The number of nitrogens with one attached hydrogen (secondary N) is 1. The van der Waals surface area contributed by atoms with E-state index in [2.05, 4.69) is 22.2 Å². The first-order valence-corrected chi connectivity index (χ1v) is 7.24. The van der Waals surface area contributed by atoms with Crippen LogP contribution in [0.3, 0.4) is 0 Å². The maximum atomic E-state index is 11.9. The van der Waals surface area contributed by atoms with Crippen molar-refractivity contribution < 1.29 is 19.1 Å². The van der Waals surface area contributed by atoms with Crippen LogP contribution >= 0.6 is 0 Å². The Bertz CT molecular complexity index is 565. The molecule has 1 aromatic carbocycles. The summed E-state index contributed by atoms with van der Waals surface area (Å²) in [6.45, 7) is 6.12. The number of anilines is 1. The molecule has 0 saturated heterocycles. The Hall–Kier alpha value is -2.30. The molecule has 0 radical (unpaired) electrons. The highest BCUT2D eigenvalue weighted by Gasteiger charge is 2.16. The summed E-state index contributed by atoms with van der Waals surface area (Å²) in [7, 11) is 2.53. The largest absolute Gasteiger partial charge is 0.466 e. The first-order valence-electron chi connectivity index (χ1n) is 7.24. The molecular weight excluding hydrogens is 282 g/mol. The van der Waals surface area contributed by atoms with Crippen molar-refractivity contribution in [1.82, 2.24) is 0 Å². The molecule has 0 heterocycles. The lowest BCUT2D eigenvalue weighted by Crippen LogP contribution is -2.17. The summed E-state index contributed by atoms with van der Waals surface area (Å²) < 4.78 is 9.31. The van der Waals surface area contributed by atoms with Crippen LogP contribution in [0.25, 0.3) is 0 Å². The van der Waals surface area contributed by atoms with E-state index in [-0.39, 0.29) is 5.70 Å². The number of aryl methyl sites for hydroxylation is 3. The summed E-state index contributed by atoms with van der Waals surface area (Å²) in [4.78, 5) is 23.3. The number of hydrogen-bond donors (Lipinski definition) is 1. The minimum atomic E-state index is -0.616. The number of benzene rings is 1. The molecule has 1 N–H and O–H groups in total. The van der Waals surface area contributed by atoms with Crippen molar-refractivity contribution >= 4 is 17.6 Å². The summed E-state index contributed by atoms with van der Waals surface area (Å²) >= 11 is 0. The van der Waals surface area contributed by atoms with Gasteiger partial charge in [-0.3, -0.25) is 0 Å². The number of carbonyl (C=O) groups is 2. The highest BCUT2D eigenvalue weighted by atomic mass is 16.5. The van der Waals surface area contributed by atoms with Crippen LogP contribution in [0.15, 0.2) is 23.9 Å². The standard InChI is InChI=1S/C17H23NO4/c1-6-12-8-11(3)9-13(7-2)16(12)18-14(17(20)22-5)10-15(19)21-4/h8-10,18H,6-7H2,1-5H3/b14-10+. The summed E-state index contributed by atoms with van der Waals surface area (Å²) in [5.74, 6) is -1.23. The number of ether oxygens (including phenoxy) is 2. The van der Waals surface area contributed by atoms with Crippen LogP contribution in [0.2, 0.25) is 0 Å². The van der Waals surface area contributed by atoms with Crippen LogP contribution in [-0.2, 0) is 31.9 Å². The number of hydrogen-bond acceptors (Lipinski definition) is 5. The van der Waals surface area contributed by atoms with Gasteiger partial charge in [-0.1, -0.05) is 31.5 Å². The fraction of sp³-hybridized carbons (Fsp3) is 0.412. The van der Waals surface area contributed by atoms with Crippen molar-refractivity contribution in [1.29, 1.82) is 0 Å². The smallest absolute Gasteiger partial charge is 0.354 e. The molecule has 1 aromatic rings. The van der Waals surface area contributed by atoms with Crippen LogP contribution in [0.5, 0.6) is 0 Å². The lowest BCUT2D eigenvalue weighted by atomic mass is 9.99. The molecule has 5 heteroatoms. The molecule has 120 valence electrons. The van der Waals surface area contributed by atoms with Crippen molar-refractivity contribution in [3.05, 3.63) is 40.6 Å². The second kappa shape index (κ2) is 8.22. The SMILES string of the molecule is CCc1cc(C)cc(CC)c1N/C(=C/C(=O)OC)C(=O)OC. The summed E-state index contributed by atoms with van der Waals surface area (Å²) in [6.07, 6.45) is 2.72. The number of rotatable bonds is 6. The molecule has 0 aliphatic carbocycles. The third-order valence-corrected chi connectivity index (χ3v) is 3.34. The molecule has 22 heavy (non-hydrogen) atoms. The Balaban J connectivity index is 3.31. The fourth-order valence-electron chi connectivity index (χ4n) is 2.23. The first kappa shape index (κ1) is 17.8. The normalized spacial score (nSPS) is 11.0. The maximum absolute atomic E-state index is 11.9. The van der Waals surface area contributed by atoms with Crippen LogP contribution in [-0.4, -0.2) is 26.2 Å². The zero-order valence-corrected chi connectivity index (χ0v) is 13.8. The van der Waals surface area contributed by atoms with Gasteiger partial charge >= 0.3 is 11.9 Å². The highest BCUT2D eigenvalue weighted by Crippen LogP contribution is 2.26. The maximum Gasteiger partial charge on any atom is 0.354 e. The minimum absolute atomic E-state index is 0.0580. The van der Waals surface area contributed by atoms with E-state index in [1.165, 1.54) is 14.2 Å². The van der Waals surface area contributed by atoms with Gasteiger partial charge in [-0.2, -0.15) is 0 Å². The van der Waals surface area contributed by atoms with Crippen LogP contribution in [0.4, 0.5) is 5.69 Å². The second-order valence-electron chi connectivity index (χ2n) is 4.86. The third-order valence-electron chi connectivity index (χ3n) is 3.34. The molecule has 0 aliphatic heterocycles. The lowest BCUT2D eigenvalue weighted by molar-refractivity contribution is -0.138. The van der Waals surface area contributed by atoms with Gasteiger partial charge in [0.2, 0.25) is 0 Å². The van der Waals surface area contributed by atoms with Gasteiger partial charge in [0.1, 0.15) is 5.70 Å². The molecule has 0 aliphatic rings. The molecule has 0 bridgehead atoms. The Morgan fingerprint density at radius 3 is 2.05 bits per heavy atom. The number of methoxy groups -OCH3 is 2. The molecule has 0 spiro atoms. The fourth-order valence-corrected chi connectivity index (χ4v) is 2.23. The molecule has 0 fully saturated rings. The van der Waals surface area contributed by atoms with Gasteiger partial charge in [0, 0.05) is 5.69 Å². The Morgan fingerprint density at radius 2 is 1.64 bits per heavy atom. The van der Waals surface area contributed by atoms with Crippen LogP contribution in [0.1, 0.15) is 30.5 Å². The van der Waals surface area contributed by atoms with Gasteiger partial charge in [0.05, 0.1) is 20.3 Å². The van der Waals surface area contributed by atoms with E-state index in [1.807, 2.05) is 20.8 Å². The summed E-state index contributed by atoms with van der Waals surface area (Å²) in [5, 5.41) is 3.05.